The monoisotopic (exact) mass is 387 g/mol. The molecule has 0 spiro atoms. The first kappa shape index (κ1) is 21.8. The number of likely N-dealkylation sites (tertiary alicyclic amines) is 1. The smallest absolute Gasteiger partial charge is 0.127 e. The lowest BCUT2D eigenvalue weighted by Gasteiger charge is -2.32. The maximum atomic E-state index is 6.19. The van der Waals surface area contributed by atoms with Gasteiger partial charge in [-0.3, -0.25) is 0 Å². The summed E-state index contributed by atoms with van der Waals surface area (Å²) in [6, 6.07) is 18.9. The van der Waals surface area contributed by atoms with Gasteiger partial charge in [0.2, 0.25) is 0 Å². The Morgan fingerprint density at radius 3 is 2.37 bits per heavy atom. The molecule has 148 valence electrons. The fraction of sp³-hybridized carbons (Fsp3) is 0.500. The molecule has 0 saturated carbocycles. The van der Waals surface area contributed by atoms with E-state index in [0.29, 0.717) is 0 Å². The molecule has 2 aromatic carbocycles. The van der Waals surface area contributed by atoms with E-state index in [9.17, 15) is 0 Å². The van der Waals surface area contributed by atoms with Crippen LogP contribution in [0.1, 0.15) is 45.4 Å². The van der Waals surface area contributed by atoms with Gasteiger partial charge in [-0.15, -0.1) is 12.4 Å². The number of benzene rings is 2. The molecule has 3 heteroatoms. The Balaban J connectivity index is 0.00000261. The summed E-state index contributed by atoms with van der Waals surface area (Å²) in [5, 5.41) is 0. The third-order valence-corrected chi connectivity index (χ3v) is 5.54. The van der Waals surface area contributed by atoms with Crippen molar-refractivity contribution >= 4 is 12.4 Å². The summed E-state index contributed by atoms with van der Waals surface area (Å²) in [5.74, 6) is 1.83. The van der Waals surface area contributed by atoms with Gasteiger partial charge in [0, 0.05) is 5.56 Å². The second-order valence-corrected chi connectivity index (χ2v) is 7.49. The molecule has 2 aromatic rings. The predicted octanol–water partition coefficient (Wildman–Crippen LogP) is 6.45. The summed E-state index contributed by atoms with van der Waals surface area (Å²) in [4.78, 5) is 2.65. The molecule has 2 nitrogen and oxygen atoms in total. The molecule has 3 rings (SSSR count). The van der Waals surface area contributed by atoms with Gasteiger partial charge in [-0.1, -0.05) is 68.3 Å². The highest BCUT2D eigenvalue weighted by Gasteiger charge is 2.18. The van der Waals surface area contributed by atoms with Crippen LogP contribution in [0.3, 0.4) is 0 Å². The minimum atomic E-state index is 0. The van der Waals surface area contributed by atoms with Crippen LogP contribution in [0.15, 0.2) is 54.6 Å². The van der Waals surface area contributed by atoms with Crippen molar-refractivity contribution in [1.82, 2.24) is 4.90 Å². The normalized spacial score (nSPS) is 15.3. The number of para-hydroxylation sites is 1. The largest absolute Gasteiger partial charge is 0.493 e. The van der Waals surface area contributed by atoms with Crippen molar-refractivity contribution in [2.75, 3.05) is 26.2 Å². The van der Waals surface area contributed by atoms with Crippen LogP contribution < -0.4 is 4.74 Å². The quantitative estimate of drug-likeness (QED) is 0.458. The van der Waals surface area contributed by atoms with Crippen molar-refractivity contribution in [2.24, 2.45) is 5.92 Å². The number of ether oxygens (including phenoxy) is 1. The lowest BCUT2D eigenvalue weighted by molar-refractivity contribution is 0.161. The van der Waals surface area contributed by atoms with E-state index in [1.54, 1.807) is 0 Å². The van der Waals surface area contributed by atoms with Crippen LogP contribution in [0.4, 0.5) is 0 Å². The van der Waals surface area contributed by atoms with Gasteiger partial charge in [0.25, 0.3) is 0 Å². The summed E-state index contributed by atoms with van der Waals surface area (Å²) in [5.41, 5.74) is 2.42. The zero-order chi connectivity index (χ0) is 18.0. The van der Waals surface area contributed by atoms with Gasteiger partial charge in [0.05, 0.1) is 6.61 Å². The Labute approximate surface area is 171 Å². The Morgan fingerprint density at radius 2 is 1.63 bits per heavy atom. The average Bonchev–Trinajstić information content (AvgIpc) is 2.70. The Kier molecular flexibility index (Phi) is 9.72. The highest BCUT2D eigenvalue weighted by molar-refractivity contribution is 5.85. The maximum Gasteiger partial charge on any atom is 0.127 e. The van der Waals surface area contributed by atoms with E-state index in [-0.39, 0.29) is 12.4 Å². The van der Waals surface area contributed by atoms with Gasteiger partial charge in [-0.2, -0.15) is 0 Å². The van der Waals surface area contributed by atoms with Crippen molar-refractivity contribution in [3.8, 4) is 16.9 Å². The highest BCUT2D eigenvalue weighted by atomic mass is 35.5. The first-order chi connectivity index (χ1) is 12.9. The van der Waals surface area contributed by atoms with Gasteiger partial charge in [-0.25, -0.2) is 0 Å². The molecule has 0 radical (unpaired) electrons. The second kappa shape index (κ2) is 12.0. The van der Waals surface area contributed by atoms with Crippen LogP contribution in [0.25, 0.3) is 11.1 Å². The van der Waals surface area contributed by atoms with Gasteiger partial charge in [0.15, 0.2) is 0 Å². The molecule has 27 heavy (non-hydrogen) atoms. The molecule has 1 fully saturated rings. The van der Waals surface area contributed by atoms with Crippen molar-refractivity contribution in [3.05, 3.63) is 54.6 Å². The Morgan fingerprint density at radius 1 is 0.926 bits per heavy atom. The standard InChI is InChI=1S/C24H33NO.ClH/c1-2-3-9-17-25-18-14-21(15-19-25)16-20-26-24-13-8-7-12-23(24)22-10-5-4-6-11-22;/h4-8,10-13,21H,2-3,9,14-20H2,1H3;1H. The van der Waals surface area contributed by atoms with Crippen LogP contribution in [0, 0.1) is 5.92 Å². The third-order valence-electron chi connectivity index (χ3n) is 5.54. The first-order valence-corrected chi connectivity index (χ1v) is 10.4. The molecular weight excluding hydrogens is 354 g/mol. The van der Waals surface area contributed by atoms with Crippen LogP contribution in [0.2, 0.25) is 0 Å². The highest BCUT2D eigenvalue weighted by Crippen LogP contribution is 2.30. The molecule has 0 aromatic heterocycles. The molecule has 0 N–H and O–H groups in total. The van der Waals surface area contributed by atoms with E-state index >= 15 is 0 Å². The van der Waals surface area contributed by atoms with Gasteiger partial charge >= 0.3 is 0 Å². The molecule has 0 aliphatic carbocycles. The van der Waals surface area contributed by atoms with E-state index in [2.05, 4.69) is 66.4 Å². The van der Waals surface area contributed by atoms with Gasteiger partial charge in [0.1, 0.15) is 5.75 Å². The number of piperidine rings is 1. The molecule has 0 atom stereocenters. The molecular formula is C24H34ClNO. The average molecular weight is 388 g/mol. The fourth-order valence-corrected chi connectivity index (χ4v) is 3.87. The summed E-state index contributed by atoms with van der Waals surface area (Å²) >= 11 is 0. The third kappa shape index (κ3) is 6.86. The summed E-state index contributed by atoms with van der Waals surface area (Å²) in [7, 11) is 0. The Bertz CT molecular complexity index is 638. The van der Waals surface area contributed by atoms with E-state index < -0.39 is 0 Å². The van der Waals surface area contributed by atoms with Crippen LogP contribution in [-0.4, -0.2) is 31.1 Å². The molecule has 0 bridgehead atoms. The van der Waals surface area contributed by atoms with Crippen molar-refractivity contribution in [1.29, 1.82) is 0 Å². The lowest BCUT2D eigenvalue weighted by Crippen LogP contribution is -2.34. The zero-order valence-corrected chi connectivity index (χ0v) is 17.4. The molecule has 1 aliphatic rings. The molecule has 0 amide bonds. The van der Waals surface area contributed by atoms with Gasteiger partial charge in [-0.05, 0) is 62.9 Å². The SMILES string of the molecule is CCCCCN1CCC(CCOc2ccccc2-c2ccccc2)CC1.Cl. The summed E-state index contributed by atoms with van der Waals surface area (Å²) in [6.45, 7) is 6.94. The number of nitrogens with zero attached hydrogens (tertiary/aromatic N) is 1. The van der Waals surface area contributed by atoms with Gasteiger partial charge < -0.3 is 9.64 Å². The van der Waals surface area contributed by atoms with E-state index in [4.69, 9.17) is 4.74 Å². The number of unbranched alkanes of at least 4 members (excludes halogenated alkanes) is 2. The van der Waals surface area contributed by atoms with Crippen molar-refractivity contribution in [3.63, 3.8) is 0 Å². The van der Waals surface area contributed by atoms with E-state index in [1.165, 1.54) is 69.3 Å². The zero-order valence-electron chi connectivity index (χ0n) is 16.6. The number of hydrogen-bond donors (Lipinski definition) is 0. The Hall–Kier alpha value is -1.51. The number of halogens is 1. The van der Waals surface area contributed by atoms with E-state index in [1.807, 2.05) is 0 Å². The summed E-state index contributed by atoms with van der Waals surface area (Å²) < 4.78 is 6.19. The molecule has 1 saturated heterocycles. The molecule has 1 heterocycles. The fourth-order valence-electron chi connectivity index (χ4n) is 3.87. The maximum absolute atomic E-state index is 6.19. The van der Waals surface area contributed by atoms with E-state index in [0.717, 1.165) is 18.3 Å². The topological polar surface area (TPSA) is 12.5 Å². The number of hydrogen-bond acceptors (Lipinski definition) is 2. The lowest BCUT2D eigenvalue weighted by atomic mass is 9.94. The minimum Gasteiger partial charge on any atom is -0.493 e. The van der Waals surface area contributed by atoms with Crippen molar-refractivity contribution < 1.29 is 4.74 Å². The second-order valence-electron chi connectivity index (χ2n) is 7.49. The summed E-state index contributed by atoms with van der Waals surface area (Å²) in [6.07, 6.45) is 7.88. The van der Waals surface area contributed by atoms with Crippen LogP contribution in [-0.2, 0) is 0 Å². The van der Waals surface area contributed by atoms with Crippen LogP contribution in [0.5, 0.6) is 5.75 Å². The predicted molar refractivity (Wildman–Crippen MR) is 118 cm³/mol. The number of rotatable bonds is 9. The minimum absolute atomic E-state index is 0. The van der Waals surface area contributed by atoms with Crippen molar-refractivity contribution in [2.45, 2.75) is 45.4 Å². The van der Waals surface area contributed by atoms with Crippen LogP contribution >= 0.6 is 12.4 Å². The molecule has 0 unspecified atom stereocenters. The molecule has 1 aliphatic heterocycles. The first-order valence-electron chi connectivity index (χ1n) is 10.4.